The first-order chi connectivity index (χ1) is 6.06. The number of alkyl halides is 1. The molecule has 80 valence electrons. The summed E-state index contributed by atoms with van der Waals surface area (Å²) in [6, 6.07) is 0. The molecule has 0 aliphatic rings. The Morgan fingerprint density at radius 1 is 1.23 bits per heavy atom. The third kappa shape index (κ3) is 8.58. The maximum Gasteiger partial charge on any atom is 0.0320 e. The van der Waals surface area contributed by atoms with E-state index < -0.39 is 0 Å². The molecule has 0 aromatic rings. The lowest BCUT2D eigenvalue weighted by Gasteiger charge is -2.21. The van der Waals surface area contributed by atoms with E-state index in [9.17, 15) is 0 Å². The number of nitrogens with zero attached hydrogens (tertiary/aromatic N) is 1. The second-order valence-corrected chi connectivity index (χ2v) is 4.97. The minimum Gasteiger partial charge on any atom is -0.306 e. The highest BCUT2D eigenvalue weighted by molar-refractivity contribution is 6.20. The second kappa shape index (κ2) is 7.64. The Morgan fingerprint density at radius 2 is 1.85 bits per heavy atom. The van der Waals surface area contributed by atoms with Crippen LogP contribution >= 0.6 is 11.6 Å². The molecule has 0 fully saturated rings. The van der Waals surface area contributed by atoms with Crippen LogP contribution < -0.4 is 0 Å². The summed E-state index contributed by atoms with van der Waals surface area (Å²) in [5.74, 6) is 0.820. The maximum absolute atomic E-state index is 5.89. The van der Waals surface area contributed by atoms with E-state index in [-0.39, 0.29) is 0 Å². The molecule has 1 nitrogen and oxygen atoms in total. The van der Waals surface area contributed by atoms with Gasteiger partial charge in [-0.25, -0.2) is 0 Å². The van der Waals surface area contributed by atoms with Gasteiger partial charge in [-0.05, 0) is 39.3 Å². The molecule has 0 spiro atoms. The molecule has 0 aliphatic carbocycles. The van der Waals surface area contributed by atoms with Crippen molar-refractivity contribution in [3.8, 4) is 0 Å². The zero-order valence-electron chi connectivity index (χ0n) is 9.52. The van der Waals surface area contributed by atoms with E-state index >= 15 is 0 Å². The van der Waals surface area contributed by atoms with Crippen molar-refractivity contribution >= 4 is 11.6 Å². The third-order valence-electron chi connectivity index (χ3n) is 2.31. The van der Waals surface area contributed by atoms with Crippen LogP contribution in [0.25, 0.3) is 0 Å². The molecule has 0 aromatic heterocycles. The van der Waals surface area contributed by atoms with Crippen LogP contribution in [0, 0.1) is 5.92 Å². The van der Waals surface area contributed by atoms with Crippen LogP contribution in [-0.4, -0.2) is 30.4 Å². The van der Waals surface area contributed by atoms with Crippen molar-refractivity contribution < 1.29 is 0 Å². The van der Waals surface area contributed by atoms with E-state index in [1.54, 1.807) is 0 Å². The summed E-state index contributed by atoms with van der Waals surface area (Å²) in [4.78, 5) is 2.39. The van der Waals surface area contributed by atoms with E-state index in [1.807, 2.05) is 0 Å². The SMILES string of the molecule is CCCC(C)CN(C)CCC(C)Cl. The molecule has 0 aromatic carbocycles. The molecule has 2 heteroatoms. The van der Waals surface area contributed by atoms with Crippen molar-refractivity contribution in [2.45, 2.75) is 45.4 Å². The van der Waals surface area contributed by atoms with Crippen molar-refractivity contribution in [3.05, 3.63) is 0 Å². The fourth-order valence-corrected chi connectivity index (χ4v) is 1.70. The zero-order chi connectivity index (χ0) is 10.3. The predicted octanol–water partition coefficient (Wildman–Crippen LogP) is 3.37. The van der Waals surface area contributed by atoms with Gasteiger partial charge in [0.25, 0.3) is 0 Å². The van der Waals surface area contributed by atoms with Gasteiger partial charge in [0.05, 0.1) is 0 Å². The number of hydrogen-bond donors (Lipinski definition) is 0. The molecule has 2 unspecified atom stereocenters. The van der Waals surface area contributed by atoms with E-state index in [0.717, 1.165) is 18.9 Å². The summed E-state index contributed by atoms with van der Waals surface area (Å²) in [7, 11) is 2.19. The van der Waals surface area contributed by atoms with E-state index in [4.69, 9.17) is 11.6 Å². The van der Waals surface area contributed by atoms with Gasteiger partial charge < -0.3 is 4.90 Å². The largest absolute Gasteiger partial charge is 0.306 e. The van der Waals surface area contributed by atoms with Gasteiger partial charge in [0.15, 0.2) is 0 Å². The van der Waals surface area contributed by atoms with Crippen LogP contribution in [0.4, 0.5) is 0 Å². The standard InChI is InChI=1S/C11H24ClN/c1-5-6-10(2)9-13(4)8-7-11(3)12/h10-11H,5-9H2,1-4H3. The van der Waals surface area contributed by atoms with Crippen LogP contribution in [0.3, 0.4) is 0 Å². The summed E-state index contributed by atoms with van der Waals surface area (Å²) >= 11 is 5.89. The molecule has 2 atom stereocenters. The lowest BCUT2D eigenvalue weighted by molar-refractivity contribution is 0.274. The first kappa shape index (κ1) is 13.2. The summed E-state index contributed by atoms with van der Waals surface area (Å²) in [5.41, 5.74) is 0. The molecule has 0 radical (unpaired) electrons. The minimum atomic E-state index is 0.309. The average molecular weight is 206 g/mol. The first-order valence-electron chi connectivity index (χ1n) is 5.38. The van der Waals surface area contributed by atoms with Crippen LogP contribution in [0.1, 0.15) is 40.0 Å². The molecule has 0 saturated carbocycles. The van der Waals surface area contributed by atoms with Gasteiger partial charge in [-0.2, -0.15) is 0 Å². The monoisotopic (exact) mass is 205 g/mol. The van der Waals surface area contributed by atoms with Gasteiger partial charge in [-0.15, -0.1) is 11.6 Å². The van der Waals surface area contributed by atoms with Crippen molar-refractivity contribution in [2.24, 2.45) is 5.92 Å². The Balaban J connectivity index is 3.43. The molecular weight excluding hydrogens is 182 g/mol. The number of rotatable bonds is 7. The summed E-state index contributed by atoms with van der Waals surface area (Å²) in [5, 5.41) is 0.309. The fraction of sp³-hybridized carbons (Fsp3) is 1.00. The summed E-state index contributed by atoms with van der Waals surface area (Å²) < 4.78 is 0. The van der Waals surface area contributed by atoms with Gasteiger partial charge in [0, 0.05) is 11.9 Å². The van der Waals surface area contributed by atoms with Crippen LogP contribution in [0.15, 0.2) is 0 Å². The van der Waals surface area contributed by atoms with Crippen molar-refractivity contribution in [3.63, 3.8) is 0 Å². The Labute approximate surface area is 88.5 Å². The Bertz CT molecular complexity index is 115. The number of hydrogen-bond acceptors (Lipinski definition) is 1. The summed E-state index contributed by atoms with van der Waals surface area (Å²) in [6.07, 6.45) is 3.72. The molecule has 0 rings (SSSR count). The number of halogens is 1. The molecule has 0 aliphatic heterocycles. The molecule has 0 N–H and O–H groups in total. The quantitative estimate of drug-likeness (QED) is 0.577. The zero-order valence-corrected chi connectivity index (χ0v) is 10.3. The predicted molar refractivity (Wildman–Crippen MR) is 61.5 cm³/mol. The molecular formula is C11H24ClN. The first-order valence-corrected chi connectivity index (χ1v) is 5.82. The smallest absolute Gasteiger partial charge is 0.0320 e. The highest BCUT2D eigenvalue weighted by Gasteiger charge is 2.06. The maximum atomic E-state index is 5.89. The van der Waals surface area contributed by atoms with Gasteiger partial charge in [0.1, 0.15) is 0 Å². The van der Waals surface area contributed by atoms with Gasteiger partial charge >= 0.3 is 0 Å². The molecule has 0 amide bonds. The highest BCUT2D eigenvalue weighted by Crippen LogP contribution is 2.08. The van der Waals surface area contributed by atoms with Gasteiger partial charge in [-0.3, -0.25) is 0 Å². The Kier molecular flexibility index (Phi) is 7.78. The second-order valence-electron chi connectivity index (χ2n) is 4.23. The Hall–Kier alpha value is 0.250. The lowest BCUT2D eigenvalue weighted by atomic mass is 10.1. The average Bonchev–Trinajstić information content (AvgIpc) is 2.01. The summed E-state index contributed by atoms with van der Waals surface area (Å²) in [6.45, 7) is 8.96. The van der Waals surface area contributed by atoms with E-state index in [1.165, 1.54) is 19.4 Å². The van der Waals surface area contributed by atoms with Crippen molar-refractivity contribution in [2.75, 3.05) is 20.1 Å². The van der Waals surface area contributed by atoms with Crippen molar-refractivity contribution in [1.29, 1.82) is 0 Å². The van der Waals surface area contributed by atoms with Gasteiger partial charge in [0.2, 0.25) is 0 Å². The molecule has 0 saturated heterocycles. The van der Waals surface area contributed by atoms with Crippen LogP contribution in [0.2, 0.25) is 0 Å². The molecule has 0 heterocycles. The topological polar surface area (TPSA) is 3.24 Å². The van der Waals surface area contributed by atoms with E-state index in [0.29, 0.717) is 5.38 Å². The third-order valence-corrected chi connectivity index (χ3v) is 2.53. The highest BCUT2D eigenvalue weighted by atomic mass is 35.5. The minimum absolute atomic E-state index is 0.309. The molecule has 13 heavy (non-hydrogen) atoms. The van der Waals surface area contributed by atoms with E-state index in [2.05, 4.69) is 32.7 Å². The van der Waals surface area contributed by atoms with Gasteiger partial charge in [-0.1, -0.05) is 20.3 Å². The lowest BCUT2D eigenvalue weighted by Crippen LogP contribution is -2.26. The molecule has 0 bridgehead atoms. The normalized spacial score (nSPS) is 16.2. The fourth-order valence-electron chi connectivity index (χ4n) is 1.61. The van der Waals surface area contributed by atoms with Crippen LogP contribution in [-0.2, 0) is 0 Å². The van der Waals surface area contributed by atoms with Crippen molar-refractivity contribution in [1.82, 2.24) is 4.90 Å². The van der Waals surface area contributed by atoms with Crippen LogP contribution in [0.5, 0.6) is 0 Å². The Morgan fingerprint density at radius 3 is 2.31 bits per heavy atom.